The van der Waals surface area contributed by atoms with E-state index in [1.165, 1.54) is 12.1 Å². The van der Waals surface area contributed by atoms with E-state index >= 15 is 0 Å². The van der Waals surface area contributed by atoms with Gasteiger partial charge in [0.05, 0.1) is 0 Å². The number of rotatable bonds is 3. The van der Waals surface area contributed by atoms with Crippen molar-refractivity contribution < 1.29 is 9.18 Å². The molecule has 3 rings (SSSR count). The summed E-state index contributed by atoms with van der Waals surface area (Å²) in [5, 5.41) is 0. The van der Waals surface area contributed by atoms with Crippen LogP contribution >= 0.6 is 0 Å². The fourth-order valence-corrected chi connectivity index (χ4v) is 2.64. The molecule has 0 spiro atoms. The summed E-state index contributed by atoms with van der Waals surface area (Å²) in [5.41, 5.74) is 2.90. The highest BCUT2D eigenvalue weighted by atomic mass is 19.1. The van der Waals surface area contributed by atoms with Gasteiger partial charge in [-0.1, -0.05) is 0 Å². The van der Waals surface area contributed by atoms with E-state index in [-0.39, 0.29) is 5.82 Å². The molecule has 0 aliphatic carbocycles. The van der Waals surface area contributed by atoms with Crippen LogP contribution in [0.4, 0.5) is 15.8 Å². The van der Waals surface area contributed by atoms with Crippen LogP contribution in [0.2, 0.25) is 0 Å². The average molecular weight is 284 g/mol. The topological polar surface area (TPSA) is 23.6 Å². The maximum Gasteiger partial charge on any atom is 0.150 e. The first-order valence-corrected chi connectivity index (χ1v) is 7.07. The van der Waals surface area contributed by atoms with Crippen molar-refractivity contribution in [3.8, 4) is 0 Å². The standard InChI is InChI=1S/C17H17FN2O/c18-15-3-7-17(8-4-15)20-11-9-19(10-12-20)16-5-1-14(13-21)2-6-16/h1-8,13H,9-12H2. The lowest BCUT2D eigenvalue weighted by Crippen LogP contribution is -2.46. The Hall–Kier alpha value is -2.36. The van der Waals surface area contributed by atoms with Crippen LogP contribution in [0.3, 0.4) is 0 Å². The van der Waals surface area contributed by atoms with Crippen LogP contribution < -0.4 is 9.80 Å². The molecule has 0 N–H and O–H groups in total. The smallest absolute Gasteiger partial charge is 0.150 e. The lowest BCUT2D eigenvalue weighted by molar-refractivity contribution is 0.112. The van der Waals surface area contributed by atoms with Gasteiger partial charge in [-0.05, 0) is 48.5 Å². The summed E-state index contributed by atoms with van der Waals surface area (Å²) in [7, 11) is 0. The predicted molar refractivity (Wildman–Crippen MR) is 82.7 cm³/mol. The van der Waals surface area contributed by atoms with Gasteiger partial charge in [-0.2, -0.15) is 0 Å². The first-order chi connectivity index (χ1) is 10.3. The Morgan fingerprint density at radius 3 is 1.62 bits per heavy atom. The third-order valence-electron chi connectivity index (χ3n) is 3.87. The third kappa shape index (κ3) is 3.05. The fraction of sp³-hybridized carbons (Fsp3) is 0.235. The number of benzene rings is 2. The molecule has 1 aliphatic rings. The van der Waals surface area contributed by atoms with Gasteiger partial charge in [0.25, 0.3) is 0 Å². The molecule has 21 heavy (non-hydrogen) atoms. The minimum atomic E-state index is -0.201. The summed E-state index contributed by atoms with van der Waals surface area (Å²) in [6.45, 7) is 3.64. The second kappa shape index (κ2) is 5.95. The lowest BCUT2D eigenvalue weighted by Gasteiger charge is -2.37. The molecule has 0 aromatic heterocycles. The number of hydrogen-bond donors (Lipinski definition) is 0. The molecule has 0 bridgehead atoms. The highest BCUT2D eigenvalue weighted by Gasteiger charge is 2.17. The van der Waals surface area contributed by atoms with Gasteiger partial charge in [0.1, 0.15) is 12.1 Å². The summed E-state index contributed by atoms with van der Waals surface area (Å²) in [6.07, 6.45) is 0.857. The Bertz CT molecular complexity index is 602. The van der Waals surface area contributed by atoms with Crippen LogP contribution in [0.1, 0.15) is 10.4 Å². The second-order valence-corrected chi connectivity index (χ2v) is 5.16. The van der Waals surface area contributed by atoms with Gasteiger partial charge in [0.2, 0.25) is 0 Å². The van der Waals surface area contributed by atoms with Crippen LogP contribution in [0, 0.1) is 5.82 Å². The first-order valence-electron chi connectivity index (χ1n) is 7.07. The molecule has 1 aliphatic heterocycles. The van der Waals surface area contributed by atoms with Gasteiger partial charge in [-0.15, -0.1) is 0 Å². The molecule has 0 radical (unpaired) electrons. The molecule has 0 unspecified atom stereocenters. The quantitative estimate of drug-likeness (QED) is 0.810. The molecule has 1 fully saturated rings. The summed E-state index contributed by atoms with van der Waals surface area (Å²) < 4.78 is 12.9. The monoisotopic (exact) mass is 284 g/mol. The fourth-order valence-electron chi connectivity index (χ4n) is 2.64. The van der Waals surface area contributed by atoms with Gasteiger partial charge in [0.15, 0.2) is 0 Å². The molecule has 0 saturated carbocycles. The Morgan fingerprint density at radius 2 is 1.19 bits per heavy atom. The Kier molecular flexibility index (Phi) is 3.86. The number of carbonyl (C=O) groups excluding carboxylic acids is 1. The molecule has 2 aromatic rings. The van der Waals surface area contributed by atoms with Gasteiger partial charge in [-0.3, -0.25) is 4.79 Å². The van der Waals surface area contributed by atoms with Crippen molar-refractivity contribution in [2.45, 2.75) is 0 Å². The Balaban J connectivity index is 1.64. The van der Waals surface area contributed by atoms with Gasteiger partial charge in [-0.25, -0.2) is 4.39 Å². The molecule has 3 nitrogen and oxygen atoms in total. The highest BCUT2D eigenvalue weighted by Crippen LogP contribution is 2.21. The number of carbonyl (C=O) groups is 1. The molecule has 1 saturated heterocycles. The van der Waals surface area contributed by atoms with Crippen molar-refractivity contribution in [2.75, 3.05) is 36.0 Å². The molecule has 0 amide bonds. The van der Waals surface area contributed by atoms with Crippen molar-refractivity contribution in [3.05, 3.63) is 59.9 Å². The van der Waals surface area contributed by atoms with Gasteiger partial charge >= 0.3 is 0 Å². The van der Waals surface area contributed by atoms with Crippen LogP contribution in [-0.2, 0) is 0 Å². The minimum absolute atomic E-state index is 0.201. The number of halogens is 1. The molecular weight excluding hydrogens is 267 g/mol. The van der Waals surface area contributed by atoms with E-state index in [9.17, 15) is 9.18 Å². The van der Waals surface area contributed by atoms with E-state index in [0.717, 1.165) is 43.8 Å². The number of hydrogen-bond acceptors (Lipinski definition) is 3. The summed E-state index contributed by atoms with van der Waals surface area (Å²) >= 11 is 0. The number of anilines is 2. The zero-order valence-electron chi connectivity index (χ0n) is 11.7. The van der Waals surface area contributed by atoms with Crippen LogP contribution in [0.15, 0.2) is 48.5 Å². The highest BCUT2D eigenvalue weighted by molar-refractivity contribution is 5.75. The Morgan fingerprint density at radius 1 is 0.762 bits per heavy atom. The first kappa shape index (κ1) is 13.6. The lowest BCUT2D eigenvalue weighted by atomic mass is 10.2. The average Bonchev–Trinajstić information content (AvgIpc) is 2.56. The van der Waals surface area contributed by atoms with Crippen molar-refractivity contribution in [3.63, 3.8) is 0 Å². The van der Waals surface area contributed by atoms with Crippen molar-refractivity contribution in [2.24, 2.45) is 0 Å². The predicted octanol–water partition coefficient (Wildman–Crippen LogP) is 2.96. The molecular formula is C17H17FN2O. The number of piperazine rings is 1. The van der Waals surface area contributed by atoms with E-state index in [2.05, 4.69) is 9.80 Å². The van der Waals surface area contributed by atoms with Crippen LogP contribution in [0.25, 0.3) is 0 Å². The second-order valence-electron chi connectivity index (χ2n) is 5.16. The zero-order valence-corrected chi connectivity index (χ0v) is 11.7. The maximum absolute atomic E-state index is 12.9. The molecule has 108 valence electrons. The molecule has 1 heterocycles. The van der Waals surface area contributed by atoms with Crippen molar-refractivity contribution in [1.82, 2.24) is 0 Å². The van der Waals surface area contributed by atoms with E-state index in [4.69, 9.17) is 0 Å². The summed E-state index contributed by atoms with van der Waals surface area (Å²) in [5.74, 6) is -0.201. The van der Waals surface area contributed by atoms with E-state index in [0.29, 0.717) is 5.56 Å². The third-order valence-corrected chi connectivity index (χ3v) is 3.87. The molecule has 2 aromatic carbocycles. The zero-order chi connectivity index (χ0) is 14.7. The number of nitrogens with zero attached hydrogens (tertiary/aromatic N) is 2. The normalized spacial score (nSPS) is 15.1. The number of aldehydes is 1. The van der Waals surface area contributed by atoms with Crippen molar-refractivity contribution >= 4 is 17.7 Å². The summed E-state index contributed by atoms with van der Waals surface area (Å²) in [4.78, 5) is 15.2. The van der Waals surface area contributed by atoms with Gasteiger partial charge < -0.3 is 9.80 Å². The molecule has 0 atom stereocenters. The van der Waals surface area contributed by atoms with Crippen LogP contribution in [0.5, 0.6) is 0 Å². The minimum Gasteiger partial charge on any atom is -0.368 e. The largest absolute Gasteiger partial charge is 0.368 e. The van der Waals surface area contributed by atoms with E-state index in [1.807, 2.05) is 36.4 Å². The Labute approximate surface area is 123 Å². The van der Waals surface area contributed by atoms with E-state index < -0.39 is 0 Å². The summed E-state index contributed by atoms with van der Waals surface area (Å²) in [6, 6.07) is 14.3. The van der Waals surface area contributed by atoms with Gasteiger partial charge in [0, 0.05) is 43.1 Å². The van der Waals surface area contributed by atoms with E-state index in [1.54, 1.807) is 0 Å². The van der Waals surface area contributed by atoms with Crippen molar-refractivity contribution in [1.29, 1.82) is 0 Å². The SMILES string of the molecule is O=Cc1ccc(N2CCN(c3ccc(F)cc3)CC2)cc1. The van der Waals surface area contributed by atoms with Crippen LogP contribution in [-0.4, -0.2) is 32.5 Å². The maximum atomic E-state index is 12.9. The molecule has 4 heteroatoms.